The minimum atomic E-state index is -3.87. The van der Waals surface area contributed by atoms with Crippen LogP contribution in [0.1, 0.15) is 53.2 Å². The van der Waals surface area contributed by atoms with E-state index in [-0.39, 0.29) is 24.9 Å². The van der Waals surface area contributed by atoms with E-state index in [1.54, 1.807) is 28.8 Å². The average Bonchev–Trinajstić information content (AvgIpc) is 3.50. The molecular weight excluding hydrogens is 494 g/mol. The van der Waals surface area contributed by atoms with Crippen molar-refractivity contribution in [3.05, 3.63) is 58.4 Å². The summed E-state index contributed by atoms with van der Waals surface area (Å²) in [5.41, 5.74) is 1.58. The SMILES string of the molecule is CC(C)([C@H](O)CO)S(=O)(=O)C1(CN2CCn3c(C(=O)NCc4ccc(Cl)cc4)ccc3C2=O)CC1. The van der Waals surface area contributed by atoms with Crippen LogP contribution in [0.2, 0.25) is 5.02 Å². The number of aromatic nitrogens is 1. The molecule has 1 aromatic heterocycles. The number of carbonyl (C=O) groups is 2. The second-order valence-corrected chi connectivity index (χ2v) is 13.1. The highest BCUT2D eigenvalue weighted by molar-refractivity contribution is 7.94. The minimum Gasteiger partial charge on any atom is -0.394 e. The van der Waals surface area contributed by atoms with Crippen LogP contribution in [0.5, 0.6) is 0 Å². The lowest BCUT2D eigenvalue weighted by molar-refractivity contribution is 0.0665. The topological polar surface area (TPSA) is 129 Å². The molecule has 9 nitrogen and oxygen atoms in total. The van der Waals surface area contributed by atoms with E-state index >= 15 is 0 Å². The molecule has 2 amide bonds. The molecule has 4 rings (SSSR count). The second kappa shape index (κ2) is 9.24. The summed E-state index contributed by atoms with van der Waals surface area (Å²) in [6.07, 6.45) is -0.645. The van der Waals surface area contributed by atoms with E-state index in [9.17, 15) is 28.2 Å². The Balaban J connectivity index is 1.47. The number of hydrogen-bond acceptors (Lipinski definition) is 6. The van der Waals surface area contributed by atoms with Crippen molar-refractivity contribution in [2.45, 2.75) is 55.4 Å². The van der Waals surface area contributed by atoms with Crippen molar-refractivity contribution in [3.63, 3.8) is 0 Å². The van der Waals surface area contributed by atoms with Crippen molar-refractivity contribution in [2.75, 3.05) is 19.7 Å². The first-order chi connectivity index (χ1) is 16.4. The van der Waals surface area contributed by atoms with Crippen molar-refractivity contribution in [1.29, 1.82) is 0 Å². The molecule has 1 fully saturated rings. The first-order valence-electron chi connectivity index (χ1n) is 11.5. The van der Waals surface area contributed by atoms with E-state index in [2.05, 4.69) is 5.32 Å². The van der Waals surface area contributed by atoms with Crippen LogP contribution in [0.4, 0.5) is 0 Å². The van der Waals surface area contributed by atoms with Crippen LogP contribution in [0.3, 0.4) is 0 Å². The van der Waals surface area contributed by atoms with Gasteiger partial charge in [-0.2, -0.15) is 0 Å². The van der Waals surface area contributed by atoms with Crippen molar-refractivity contribution < 1.29 is 28.2 Å². The highest BCUT2D eigenvalue weighted by Crippen LogP contribution is 2.49. The zero-order chi connectivity index (χ0) is 25.6. The quantitative estimate of drug-likeness (QED) is 0.458. The van der Waals surface area contributed by atoms with Gasteiger partial charge in [0.25, 0.3) is 11.8 Å². The number of sulfone groups is 1. The maximum absolute atomic E-state index is 13.4. The zero-order valence-electron chi connectivity index (χ0n) is 19.7. The average molecular weight is 524 g/mol. The zero-order valence-corrected chi connectivity index (χ0v) is 21.3. The molecule has 0 radical (unpaired) electrons. The normalized spacial score (nSPS) is 18.2. The molecule has 0 unspecified atom stereocenters. The summed E-state index contributed by atoms with van der Waals surface area (Å²) in [6.45, 7) is 3.09. The third-order valence-electron chi connectivity index (χ3n) is 7.20. The number of halogens is 1. The van der Waals surface area contributed by atoms with E-state index in [1.807, 2.05) is 12.1 Å². The number of hydrogen-bond donors (Lipinski definition) is 3. The fourth-order valence-corrected chi connectivity index (χ4v) is 7.20. The summed E-state index contributed by atoms with van der Waals surface area (Å²) in [7, 11) is -3.87. The minimum absolute atomic E-state index is 0.0129. The molecule has 1 atom stereocenters. The van der Waals surface area contributed by atoms with Gasteiger partial charge in [0.15, 0.2) is 9.84 Å². The number of fused-ring (bicyclic) bond motifs is 1. The lowest BCUT2D eigenvalue weighted by atomic mass is 10.1. The monoisotopic (exact) mass is 523 g/mol. The van der Waals surface area contributed by atoms with Gasteiger partial charge in [-0.3, -0.25) is 9.59 Å². The van der Waals surface area contributed by atoms with Gasteiger partial charge in [-0.05, 0) is 56.5 Å². The Morgan fingerprint density at radius 1 is 1.17 bits per heavy atom. The van der Waals surface area contributed by atoms with E-state index in [0.717, 1.165) is 5.56 Å². The van der Waals surface area contributed by atoms with Crippen LogP contribution in [0.25, 0.3) is 0 Å². The number of nitrogens with zero attached hydrogens (tertiary/aromatic N) is 2. The van der Waals surface area contributed by atoms with Crippen LogP contribution in [0.15, 0.2) is 36.4 Å². The van der Waals surface area contributed by atoms with E-state index in [0.29, 0.717) is 42.3 Å². The predicted molar refractivity (Wildman–Crippen MR) is 131 cm³/mol. The summed E-state index contributed by atoms with van der Waals surface area (Å²) < 4.78 is 25.7. The molecule has 1 saturated carbocycles. The lowest BCUT2D eigenvalue weighted by Gasteiger charge is -2.37. The Bertz CT molecular complexity index is 1230. The third-order valence-corrected chi connectivity index (χ3v) is 10.8. The summed E-state index contributed by atoms with van der Waals surface area (Å²) in [5, 5.41) is 22.9. The molecule has 0 spiro atoms. The molecule has 1 aromatic carbocycles. The molecule has 190 valence electrons. The number of nitrogens with one attached hydrogen (secondary N) is 1. The van der Waals surface area contributed by atoms with Crippen molar-refractivity contribution >= 4 is 33.3 Å². The molecule has 0 saturated heterocycles. The standard InChI is InChI=1S/C24H30ClN3O6S/c1-23(2,20(30)14-29)35(33,34)24(9-10-24)15-27-11-12-28-18(7-8-19(28)22(27)32)21(31)26-13-16-3-5-17(25)6-4-16/h3-8,20,29-30H,9-15H2,1-2H3,(H,26,31)/t20-/m1/s1. The van der Waals surface area contributed by atoms with Gasteiger partial charge in [0.05, 0.1) is 22.2 Å². The first kappa shape index (κ1) is 25.7. The number of benzene rings is 1. The molecule has 2 heterocycles. The second-order valence-electron chi connectivity index (χ2n) is 9.78. The van der Waals surface area contributed by atoms with Crippen molar-refractivity contribution in [1.82, 2.24) is 14.8 Å². The van der Waals surface area contributed by atoms with Crippen LogP contribution in [0, 0.1) is 0 Å². The first-order valence-corrected chi connectivity index (χ1v) is 13.3. The summed E-state index contributed by atoms with van der Waals surface area (Å²) in [4.78, 5) is 27.5. The predicted octanol–water partition coefficient (Wildman–Crippen LogP) is 1.61. The van der Waals surface area contributed by atoms with Crippen LogP contribution in [-0.2, 0) is 22.9 Å². The maximum atomic E-state index is 13.4. The molecule has 1 aliphatic carbocycles. The number of amides is 2. The summed E-state index contributed by atoms with van der Waals surface area (Å²) >= 11 is 5.89. The van der Waals surface area contributed by atoms with Crippen LogP contribution in [-0.4, -0.2) is 75.2 Å². The number of aliphatic hydroxyl groups excluding tert-OH is 2. The Kier molecular flexibility index (Phi) is 6.78. The number of rotatable bonds is 9. The summed E-state index contributed by atoms with van der Waals surface area (Å²) in [5.74, 6) is -0.650. The van der Waals surface area contributed by atoms with E-state index in [1.165, 1.54) is 18.7 Å². The third kappa shape index (κ3) is 4.48. The molecule has 0 bridgehead atoms. The maximum Gasteiger partial charge on any atom is 0.270 e. The smallest absolute Gasteiger partial charge is 0.270 e. The molecule has 11 heteroatoms. The van der Waals surface area contributed by atoms with Gasteiger partial charge >= 0.3 is 0 Å². The van der Waals surface area contributed by atoms with E-state index in [4.69, 9.17) is 11.6 Å². The summed E-state index contributed by atoms with van der Waals surface area (Å²) in [6, 6.07) is 10.3. The van der Waals surface area contributed by atoms with Gasteiger partial charge < -0.3 is 25.0 Å². The van der Waals surface area contributed by atoms with Gasteiger partial charge in [0.2, 0.25) is 0 Å². The molecule has 2 aromatic rings. The highest BCUT2D eigenvalue weighted by atomic mass is 35.5. The molecule has 2 aliphatic rings. The number of carbonyl (C=O) groups excluding carboxylic acids is 2. The van der Waals surface area contributed by atoms with Crippen LogP contribution >= 0.6 is 11.6 Å². The lowest BCUT2D eigenvalue weighted by Crippen LogP contribution is -2.55. The van der Waals surface area contributed by atoms with Gasteiger partial charge in [-0.15, -0.1) is 0 Å². The fraction of sp³-hybridized carbons (Fsp3) is 0.500. The molecule has 1 aliphatic heterocycles. The van der Waals surface area contributed by atoms with Gasteiger partial charge in [0.1, 0.15) is 11.4 Å². The fourth-order valence-electron chi connectivity index (χ4n) is 4.56. The van der Waals surface area contributed by atoms with Crippen LogP contribution < -0.4 is 5.32 Å². The largest absolute Gasteiger partial charge is 0.394 e. The van der Waals surface area contributed by atoms with Crippen molar-refractivity contribution in [3.8, 4) is 0 Å². The Labute approximate surface area is 209 Å². The molecule has 3 N–H and O–H groups in total. The van der Waals surface area contributed by atoms with Gasteiger partial charge in [-0.25, -0.2) is 8.42 Å². The molecular formula is C24H30ClN3O6S. The highest BCUT2D eigenvalue weighted by Gasteiger charge is 2.62. The molecule has 35 heavy (non-hydrogen) atoms. The van der Waals surface area contributed by atoms with E-state index < -0.39 is 32.0 Å². The Hall–Kier alpha value is -2.40. The van der Waals surface area contributed by atoms with Gasteiger partial charge in [-0.1, -0.05) is 23.7 Å². The Morgan fingerprint density at radius 2 is 1.83 bits per heavy atom. The van der Waals surface area contributed by atoms with Crippen molar-refractivity contribution in [2.24, 2.45) is 0 Å². The Morgan fingerprint density at radius 3 is 2.43 bits per heavy atom. The van der Waals surface area contributed by atoms with Gasteiger partial charge in [0, 0.05) is 31.2 Å². The number of aliphatic hydroxyl groups is 2.